The summed E-state index contributed by atoms with van der Waals surface area (Å²) in [7, 11) is 0. The molecular weight excluding hydrogens is 434 g/mol. The van der Waals surface area contributed by atoms with E-state index in [-0.39, 0.29) is 23.6 Å². The summed E-state index contributed by atoms with van der Waals surface area (Å²) in [6.07, 6.45) is 0.786. The minimum atomic E-state index is -0.599. The average molecular weight is 452 g/mol. The number of benzene rings is 2. The maximum atomic E-state index is 12.3. The summed E-state index contributed by atoms with van der Waals surface area (Å²) in [5.74, 6) is -0.456. The molecule has 0 saturated heterocycles. The Labute approximate surface area is 169 Å². The topological polar surface area (TPSA) is 120 Å². The van der Waals surface area contributed by atoms with Crippen LogP contribution in [-0.2, 0) is 4.79 Å². The number of carbonyl (C=O) groups excluding carboxylic acids is 2. The summed E-state index contributed by atoms with van der Waals surface area (Å²) in [4.78, 5) is 34.2. The van der Waals surface area contributed by atoms with Crippen LogP contribution in [0.5, 0.6) is 11.5 Å². The number of carbonyl (C=O) groups is 2. The lowest BCUT2D eigenvalue weighted by atomic mass is 10.2. The first-order valence-electron chi connectivity index (χ1n) is 8.29. The van der Waals surface area contributed by atoms with Crippen LogP contribution >= 0.6 is 15.9 Å². The number of amides is 2. The van der Waals surface area contributed by atoms with E-state index in [1.165, 1.54) is 24.3 Å². The molecule has 9 nitrogen and oxygen atoms in total. The predicted octanol–water partition coefficient (Wildman–Crippen LogP) is 2.99. The highest BCUT2D eigenvalue weighted by Crippen LogP contribution is 2.23. The van der Waals surface area contributed by atoms with Gasteiger partial charge in [0.05, 0.1) is 17.1 Å². The summed E-state index contributed by atoms with van der Waals surface area (Å²) in [5, 5.41) is 10.6. The number of hydrogen-bond donors (Lipinski definition) is 2. The highest BCUT2D eigenvalue weighted by atomic mass is 79.9. The van der Waals surface area contributed by atoms with Crippen LogP contribution in [0.1, 0.15) is 23.7 Å². The van der Waals surface area contributed by atoms with Gasteiger partial charge in [-0.1, -0.05) is 22.9 Å². The zero-order valence-electron chi connectivity index (χ0n) is 14.9. The average Bonchev–Trinajstić information content (AvgIpc) is 2.69. The second-order valence-electron chi connectivity index (χ2n) is 5.53. The quantitative estimate of drug-likeness (QED) is 0.470. The van der Waals surface area contributed by atoms with Crippen LogP contribution in [0.15, 0.2) is 46.9 Å². The molecule has 148 valence electrons. The molecular formula is C18H18BrN3O6. The number of nitrogens with one attached hydrogen (secondary N) is 2. The van der Waals surface area contributed by atoms with E-state index >= 15 is 0 Å². The molecule has 2 aromatic rings. The third-order valence-electron chi connectivity index (χ3n) is 3.38. The molecule has 0 aliphatic rings. The molecule has 0 radical (unpaired) electrons. The predicted molar refractivity (Wildman–Crippen MR) is 104 cm³/mol. The Kier molecular flexibility index (Phi) is 7.76. The van der Waals surface area contributed by atoms with Crippen LogP contribution in [0.3, 0.4) is 0 Å². The summed E-state index contributed by atoms with van der Waals surface area (Å²) >= 11 is 3.29. The van der Waals surface area contributed by atoms with Crippen molar-refractivity contribution in [3.8, 4) is 11.5 Å². The monoisotopic (exact) mass is 451 g/mol. The molecule has 10 heteroatoms. The van der Waals surface area contributed by atoms with Gasteiger partial charge in [-0.2, -0.15) is 0 Å². The molecule has 0 spiro atoms. The maximum absolute atomic E-state index is 12.3. The largest absolute Gasteiger partial charge is 0.493 e. The van der Waals surface area contributed by atoms with Crippen LogP contribution in [0.2, 0.25) is 0 Å². The van der Waals surface area contributed by atoms with Gasteiger partial charge in [0, 0.05) is 16.6 Å². The summed E-state index contributed by atoms with van der Waals surface area (Å²) in [5.41, 5.74) is 4.71. The number of rotatable bonds is 8. The Hall–Kier alpha value is -3.14. The zero-order valence-corrected chi connectivity index (χ0v) is 16.5. The van der Waals surface area contributed by atoms with E-state index in [9.17, 15) is 19.7 Å². The Morgan fingerprint density at radius 3 is 2.46 bits per heavy atom. The third kappa shape index (κ3) is 6.23. The van der Waals surface area contributed by atoms with Gasteiger partial charge in [0.2, 0.25) is 0 Å². The zero-order chi connectivity index (χ0) is 20.5. The molecule has 0 fully saturated rings. The van der Waals surface area contributed by atoms with Crippen molar-refractivity contribution < 1.29 is 24.0 Å². The van der Waals surface area contributed by atoms with Crippen molar-refractivity contribution in [2.45, 2.75) is 13.3 Å². The highest BCUT2D eigenvalue weighted by molar-refractivity contribution is 9.10. The van der Waals surface area contributed by atoms with E-state index in [0.29, 0.717) is 16.8 Å². The summed E-state index contributed by atoms with van der Waals surface area (Å²) in [6.45, 7) is 2.02. The first-order valence-corrected chi connectivity index (χ1v) is 9.08. The summed E-state index contributed by atoms with van der Waals surface area (Å²) < 4.78 is 11.4. The molecule has 0 aromatic heterocycles. The van der Waals surface area contributed by atoms with Crippen molar-refractivity contribution in [3.05, 3.63) is 62.6 Å². The van der Waals surface area contributed by atoms with Gasteiger partial charge in [0.25, 0.3) is 17.5 Å². The lowest BCUT2D eigenvalue weighted by molar-refractivity contribution is -0.384. The minimum absolute atomic E-state index is 0.0841. The van der Waals surface area contributed by atoms with Crippen molar-refractivity contribution in [3.63, 3.8) is 0 Å². The second kappa shape index (κ2) is 10.3. The molecule has 0 saturated carbocycles. The molecule has 2 rings (SSSR count). The van der Waals surface area contributed by atoms with Gasteiger partial charge in [-0.15, -0.1) is 0 Å². The highest BCUT2D eigenvalue weighted by Gasteiger charge is 2.14. The molecule has 2 amide bonds. The first-order chi connectivity index (χ1) is 13.4. The van der Waals surface area contributed by atoms with Crippen molar-refractivity contribution in [2.24, 2.45) is 0 Å². The number of nitrogens with zero attached hydrogens (tertiary/aromatic N) is 1. The fourth-order valence-corrected chi connectivity index (χ4v) is 2.42. The molecule has 2 N–H and O–H groups in total. The van der Waals surface area contributed by atoms with Gasteiger partial charge in [0.1, 0.15) is 11.5 Å². The van der Waals surface area contributed by atoms with Gasteiger partial charge in [0.15, 0.2) is 6.61 Å². The number of hydrogen-bond acceptors (Lipinski definition) is 6. The van der Waals surface area contributed by atoms with Crippen LogP contribution < -0.4 is 20.3 Å². The van der Waals surface area contributed by atoms with Gasteiger partial charge in [-0.25, -0.2) is 0 Å². The smallest absolute Gasteiger partial charge is 0.276 e. The molecule has 0 aliphatic heterocycles. The Morgan fingerprint density at radius 2 is 1.82 bits per heavy atom. The normalized spacial score (nSPS) is 10.1. The second-order valence-corrected chi connectivity index (χ2v) is 6.45. The lowest BCUT2D eigenvalue weighted by Gasteiger charge is -2.12. The Balaban J connectivity index is 1.87. The molecule has 0 aliphatic carbocycles. The molecule has 0 bridgehead atoms. The number of non-ortho nitro benzene ring substituents is 1. The van der Waals surface area contributed by atoms with Crippen molar-refractivity contribution in [2.75, 3.05) is 13.2 Å². The lowest BCUT2D eigenvalue weighted by Crippen LogP contribution is -2.44. The molecule has 0 heterocycles. The van der Waals surface area contributed by atoms with Gasteiger partial charge < -0.3 is 9.47 Å². The Morgan fingerprint density at radius 1 is 1.11 bits per heavy atom. The van der Waals surface area contributed by atoms with Gasteiger partial charge >= 0.3 is 0 Å². The summed E-state index contributed by atoms with van der Waals surface area (Å²) in [6, 6.07) is 10.3. The van der Waals surface area contributed by atoms with Crippen molar-refractivity contribution >= 4 is 33.4 Å². The van der Waals surface area contributed by atoms with Gasteiger partial charge in [-0.05, 0) is 36.8 Å². The number of nitro benzene ring substituents is 1. The van der Waals surface area contributed by atoms with Crippen molar-refractivity contribution in [1.29, 1.82) is 0 Å². The minimum Gasteiger partial charge on any atom is -0.493 e. The van der Waals surface area contributed by atoms with Gasteiger partial charge in [-0.3, -0.25) is 30.6 Å². The standard InChI is InChI=1S/C18H18BrN3O6/c1-2-9-27-16-8-3-12(19)10-15(16)18(24)21-20-17(23)11-28-14-6-4-13(5-7-14)22(25)26/h3-8,10H,2,9,11H2,1H3,(H,20,23)(H,21,24). The number of ether oxygens (including phenoxy) is 2. The molecule has 0 unspecified atom stereocenters. The SMILES string of the molecule is CCCOc1ccc(Br)cc1C(=O)NNC(=O)COc1ccc([N+](=O)[O-])cc1. The number of halogens is 1. The molecule has 0 atom stereocenters. The fourth-order valence-electron chi connectivity index (χ4n) is 2.06. The van der Waals surface area contributed by atoms with Crippen LogP contribution in [0.4, 0.5) is 5.69 Å². The molecule has 2 aromatic carbocycles. The Bertz CT molecular complexity index is 857. The molecule has 28 heavy (non-hydrogen) atoms. The first kappa shape index (κ1) is 21.2. The van der Waals surface area contributed by atoms with E-state index in [1.807, 2.05) is 6.92 Å². The van der Waals surface area contributed by atoms with Crippen LogP contribution in [0, 0.1) is 10.1 Å². The van der Waals surface area contributed by atoms with E-state index in [4.69, 9.17) is 9.47 Å². The maximum Gasteiger partial charge on any atom is 0.276 e. The van der Waals surface area contributed by atoms with E-state index in [0.717, 1.165) is 6.42 Å². The number of hydrazine groups is 1. The number of nitro groups is 1. The van der Waals surface area contributed by atoms with Crippen molar-refractivity contribution in [1.82, 2.24) is 10.9 Å². The van der Waals surface area contributed by atoms with Crippen LogP contribution in [0.25, 0.3) is 0 Å². The van der Waals surface area contributed by atoms with E-state index in [2.05, 4.69) is 26.8 Å². The fraction of sp³-hybridized carbons (Fsp3) is 0.222. The van der Waals surface area contributed by atoms with E-state index < -0.39 is 16.7 Å². The van der Waals surface area contributed by atoms with E-state index in [1.54, 1.807) is 18.2 Å². The van der Waals surface area contributed by atoms with Crippen LogP contribution in [-0.4, -0.2) is 30.0 Å². The third-order valence-corrected chi connectivity index (χ3v) is 3.87.